The lowest BCUT2D eigenvalue weighted by Crippen LogP contribution is -2.46. The van der Waals surface area contributed by atoms with Gasteiger partial charge in [0.25, 0.3) is 0 Å². The summed E-state index contributed by atoms with van der Waals surface area (Å²) in [6, 6.07) is 9.51. The highest BCUT2D eigenvalue weighted by Gasteiger charge is 2.26. The van der Waals surface area contributed by atoms with E-state index in [2.05, 4.69) is 5.32 Å². The molecule has 1 atom stereocenters. The first-order valence-electron chi connectivity index (χ1n) is 10.5. The minimum atomic E-state index is -3.65. The van der Waals surface area contributed by atoms with Crippen molar-refractivity contribution in [3.8, 4) is 5.75 Å². The highest BCUT2D eigenvalue weighted by Crippen LogP contribution is 2.30. The van der Waals surface area contributed by atoms with Crippen LogP contribution in [0.25, 0.3) is 0 Å². The maximum atomic E-state index is 13.3. The second-order valence-electron chi connectivity index (χ2n) is 7.70. The van der Waals surface area contributed by atoms with Crippen LogP contribution in [-0.4, -0.2) is 58.1 Å². The molecule has 0 fully saturated rings. The molecule has 34 heavy (non-hydrogen) atoms. The van der Waals surface area contributed by atoms with Crippen molar-refractivity contribution in [2.24, 2.45) is 0 Å². The minimum absolute atomic E-state index is 0.00155. The number of ether oxygens (including phenoxy) is 1. The number of nitrogens with one attached hydrogen (secondary N) is 1. The molecule has 0 saturated carbocycles. The van der Waals surface area contributed by atoms with E-state index in [-0.39, 0.29) is 42.8 Å². The second-order valence-corrected chi connectivity index (χ2v) is 10.0. The summed E-state index contributed by atoms with van der Waals surface area (Å²) in [6.07, 6.45) is 1.27. The van der Waals surface area contributed by atoms with Gasteiger partial charge in [-0.2, -0.15) is 0 Å². The Kier molecular flexibility index (Phi) is 9.69. The van der Waals surface area contributed by atoms with Crippen LogP contribution in [-0.2, 0) is 26.2 Å². The molecule has 2 rings (SSSR count). The third-order valence-electron chi connectivity index (χ3n) is 5.26. The number of hydrogen-bond acceptors (Lipinski definition) is 5. The normalized spacial score (nSPS) is 12.1. The molecule has 1 unspecified atom stereocenters. The average molecular weight is 514 g/mol. The number of likely N-dealkylation sites (N-methyl/N-ethyl adjacent to an activating group) is 1. The number of anilines is 1. The molecule has 2 aromatic rings. The number of sulfonamides is 1. The van der Waals surface area contributed by atoms with Crippen molar-refractivity contribution in [2.45, 2.75) is 32.4 Å². The molecule has 1 N–H and O–H groups in total. The van der Waals surface area contributed by atoms with E-state index in [9.17, 15) is 22.4 Å². The van der Waals surface area contributed by atoms with Gasteiger partial charge in [-0.3, -0.25) is 13.9 Å². The highest BCUT2D eigenvalue weighted by atomic mass is 35.5. The largest absolute Gasteiger partial charge is 0.495 e. The number of benzene rings is 2. The lowest BCUT2D eigenvalue weighted by Gasteiger charge is -2.29. The van der Waals surface area contributed by atoms with Crippen LogP contribution in [0.5, 0.6) is 5.75 Å². The fraction of sp³-hybridized carbons (Fsp3) is 0.391. The molecule has 0 spiro atoms. The molecule has 0 aromatic heterocycles. The molecule has 2 aromatic carbocycles. The molecular weight excluding hydrogens is 485 g/mol. The summed E-state index contributed by atoms with van der Waals surface area (Å²) in [6.45, 7) is 1.74. The van der Waals surface area contributed by atoms with Crippen molar-refractivity contribution < 1.29 is 27.1 Å². The number of amides is 2. The summed E-state index contributed by atoms with van der Waals surface area (Å²) in [5.41, 5.74) is 1.01. The van der Waals surface area contributed by atoms with Gasteiger partial charge in [-0.25, -0.2) is 12.8 Å². The Morgan fingerprint density at radius 1 is 1.18 bits per heavy atom. The molecule has 2 amide bonds. The Hall–Kier alpha value is -2.85. The summed E-state index contributed by atoms with van der Waals surface area (Å²) in [5, 5.41) is 2.78. The van der Waals surface area contributed by atoms with Crippen LogP contribution < -0.4 is 14.4 Å². The van der Waals surface area contributed by atoms with Gasteiger partial charge in [-0.05, 0) is 49.2 Å². The number of nitrogens with zero attached hydrogens (tertiary/aromatic N) is 2. The zero-order valence-electron chi connectivity index (χ0n) is 19.5. The number of halogens is 2. The van der Waals surface area contributed by atoms with Gasteiger partial charge in [-0.1, -0.05) is 23.7 Å². The zero-order valence-corrected chi connectivity index (χ0v) is 21.1. The van der Waals surface area contributed by atoms with Crippen LogP contribution in [0.1, 0.15) is 25.3 Å². The molecule has 0 heterocycles. The van der Waals surface area contributed by atoms with Crippen LogP contribution >= 0.6 is 11.6 Å². The van der Waals surface area contributed by atoms with Crippen LogP contribution in [0.3, 0.4) is 0 Å². The average Bonchev–Trinajstić information content (AvgIpc) is 2.79. The van der Waals surface area contributed by atoms with E-state index in [1.165, 1.54) is 37.3 Å². The molecule has 0 bridgehead atoms. The Balaban J connectivity index is 2.16. The van der Waals surface area contributed by atoms with Crippen LogP contribution in [0, 0.1) is 5.82 Å². The van der Waals surface area contributed by atoms with Gasteiger partial charge in [0.05, 0.1) is 24.1 Å². The maximum Gasteiger partial charge on any atom is 0.242 e. The highest BCUT2D eigenvalue weighted by molar-refractivity contribution is 7.92. The van der Waals surface area contributed by atoms with Gasteiger partial charge >= 0.3 is 0 Å². The molecule has 0 saturated heterocycles. The third kappa shape index (κ3) is 7.33. The third-order valence-corrected chi connectivity index (χ3v) is 6.74. The summed E-state index contributed by atoms with van der Waals surface area (Å²) >= 11 is 6.15. The van der Waals surface area contributed by atoms with Gasteiger partial charge in [0.2, 0.25) is 21.8 Å². The van der Waals surface area contributed by atoms with Crippen molar-refractivity contribution in [3.63, 3.8) is 0 Å². The van der Waals surface area contributed by atoms with Crippen molar-refractivity contribution in [2.75, 3.05) is 31.3 Å². The van der Waals surface area contributed by atoms with Crippen molar-refractivity contribution in [1.29, 1.82) is 0 Å². The first kappa shape index (κ1) is 27.4. The van der Waals surface area contributed by atoms with E-state index < -0.39 is 21.9 Å². The standard InChI is InChI=1S/C23H29ClFN3O5S/c1-16(23(30)26-2)27(15-17-7-9-18(25)10-8-17)22(29)6-5-13-28(34(4,31)32)19-11-12-21(33-3)20(24)14-19/h7-12,14,16H,5-6,13,15H2,1-4H3,(H,26,30). The van der Waals surface area contributed by atoms with Crippen LogP contribution in [0.15, 0.2) is 42.5 Å². The fourth-order valence-corrected chi connectivity index (χ4v) is 4.60. The minimum Gasteiger partial charge on any atom is -0.495 e. The summed E-state index contributed by atoms with van der Waals surface area (Å²) in [7, 11) is -0.717. The number of carbonyl (C=O) groups excluding carboxylic acids is 2. The lowest BCUT2D eigenvalue weighted by molar-refractivity contribution is -0.140. The summed E-state index contributed by atoms with van der Waals surface area (Å²) in [5.74, 6) is -0.670. The number of hydrogen-bond donors (Lipinski definition) is 1. The molecule has 11 heteroatoms. The molecule has 8 nitrogen and oxygen atoms in total. The monoisotopic (exact) mass is 513 g/mol. The van der Waals surface area contributed by atoms with E-state index in [1.807, 2.05) is 0 Å². The van der Waals surface area contributed by atoms with Crippen molar-refractivity contribution >= 4 is 39.1 Å². The Labute approximate surface area is 204 Å². The maximum absolute atomic E-state index is 13.3. The zero-order chi connectivity index (χ0) is 25.5. The Morgan fingerprint density at radius 2 is 1.82 bits per heavy atom. The van der Waals surface area contributed by atoms with Crippen molar-refractivity contribution in [1.82, 2.24) is 10.2 Å². The van der Waals surface area contributed by atoms with E-state index in [0.717, 1.165) is 10.6 Å². The summed E-state index contributed by atoms with van der Waals surface area (Å²) in [4.78, 5) is 26.6. The molecule has 0 aliphatic rings. The lowest BCUT2D eigenvalue weighted by atomic mass is 10.1. The predicted octanol–water partition coefficient (Wildman–Crippen LogP) is 3.20. The van der Waals surface area contributed by atoms with Gasteiger partial charge < -0.3 is 15.0 Å². The first-order chi connectivity index (χ1) is 16.0. The van der Waals surface area contributed by atoms with E-state index in [1.54, 1.807) is 31.2 Å². The topological polar surface area (TPSA) is 96.0 Å². The van der Waals surface area contributed by atoms with E-state index >= 15 is 0 Å². The molecule has 186 valence electrons. The SMILES string of the molecule is CNC(=O)C(C)N(Cc1ccc(F)cc1)C(=O)CCCN(c1ccc(OC)c(Cl)c1)S(C)(=O)=O. The summed E-state index contributed by atoms with van der Waals surface area (Å²) < 4.78 is 44.3. The molecule has 0 aliphatic heterocycles. The number of rotatable bonds is 11. The molecular formula is C23H29ClFN3O5S. The predicted molar refractivity (Wildman–Crippen MR) is 130 cm³/mol. The number of methoxy groups -OCH3 is 1. The number of carbonyl (C=O) groups is 2. The van der Waals surface area contributed by atoms with E-state index in [0.29, 0.717) is 17.0 Å². The fourth-order valence-electron chi connectivity index (χ4n) is 3.39. The Morgan fingerprint density at radius 3 is 2.35 bits per heavy atom. The van der Waals surface area contributed by atoms with E-state index in [4.69, 9.17) is 16.3 Å². The smallest absolute Gasteiger partial charge is 0.242 e. The Bertz CT molecular complexity index is 1110. The second kappa shape index (κ2) is 12.0. The van der Waals surface area contributed by atoms with Gasteiger partial charge in [-0.15, -0.1) is 0 Å². The van der Waals surface area contributed by atoms with Gasteiger partial charge in [0, 0.05) is 26.6 Å². The van der Waals surface area contributed by atoms with Crippen LogP contribution in [0.4, 0.5) is 10.1 Å². The molecule has 0 radical (unpaired) electrons. The van der Waals surface area contributed by atoms with Crippen LogP contribution in [0.2, 0.25) is 5.02 Å². The van der Waals surface area contributed by atoms with Gasteiger partial charge in [0.1, 0.15) is 17.6 Å². The van der Waals surface area contributed by atoms with Gasteiger partial charge in [0.15, 0.2) is 0 Å². The quantitative estimate of drug-likeness (QED) is 0.498. The van der Waals surface area contributed by atoms with Crippen molar-refractivity contribution in [3.05, 3.63) is 58.9 Å². The first-order valence-corrected chi connectivity index (χ1v) is 12.8. The molecule has 0 aliphatic carbocycles.